The van der Waals surface area contributed by atoms with E-state index < -0.39 is 15.8 Å². The van der Waals surface area contributed by atoms with E-state index in [0.717, 1.165) is 5.56 Å². The number of halogens is 1. The number of nitrogens with one attached hydrogen (secondary N) is 1. The van der Waals surface area contributed by atoms with E-state index in [1.54, 1.807) is 18.2 Å². The summed E-state index contributed by atoms with van der Waals surface area (Å²) < 4.78 is 40.4. The predicted molar refractivity (Wildman–Crippen MR) is 79.5 cm³/mol. The molecule has 0 bridgehead atoms. The SMILES string of the molecule is Cc1ccc(S(=O)(=O)NCc2ccc(CN)cc2F)cc1. The fourth-order valence-electron chi connectivity index (χ4n) is 1.83. The monoisotopic (exact) mass is 308 g/mol. The van der Waals surface area contributed by atoms with Crippen molar-refractivity contribution in [1.29, 1.82) is 0 Å². The first-order chi connectivity index (χ1) is 9.92. The van der Waals surface area contributed by atoms with E-state index in [0.29, 0.717) is 5.56 Å². The summed E-state index contributed by atoms with van der Waals surface area (Å²) in [6.45, 7) is 2.01. The molecule has 0 spiro atoms. The molecule has 0 saturated heterocycles. The van der Waals surface area contributed by atoms with E-state index in [1.807, 2.05) is 6.92 Å². The molecule has 0 aliphatic heterocycles. The van der Waals surface area contributed by atoms with Crippen LogP contribution in [0.2, 0.25) is 0 Å². The van der Waals surface area contributed by atoms with Crippen LogP contribution in [0.5, 0.6) is 0 Å². The highest BCUT2D eigenvalue weighted by Gasteiger charge is 2.14. The van der Waals surface area contributed by atoms with Crippen molar-refractivity contribution >= 4 is 10.0 Å². The molecule has 0 saturated carbocycles. The zero-order valence-electron chi connectivity index (χ0n) is 11.6. The van der Waals surface area contributed by atoms with Crippen LogP contribution in [0.15, 0.2) is 47.4 Å². The molecule has 21 heavy (non-hydrogen) atoms. The first-order valence-electron chi connectivity index (χ1n) is 6.46. The van der Waals surface area contributed by atoms with E-state index in [-0.39, 0.29) is 23.5 Å². The number of benzene rings is 2. The molecule has 6 heteroatoms. The Balaban J connectivity index is 2.13. The van der Waals surface area contributed by atoms with Gasteiger partial charge in [-0.15, -0.1) is 0 Å². The lowest BCUT2D eigenvalue weighted by molar-refractivity contribution is 0.574. The number of aryl methyl sites for hydroxylation is 1. The van der Waals surface area contributed by atoms with E-state index in [2.05, 4.69) is 4.72 Å². The van der Waals surface area contributed by atoms with Gasteiger partial charge < -0.3 is 5.73 Å². The predicted octanol–water partition coefficient (Wildman–Crippen LogP) is 2.07. The lowest BCUT2D eigenvalue weighted by Gasteiger charge is -2.09. The Kier molecular flexibility index (Phi) is 4.72. The number of hydrogen-bond acceptors (Lipinski definition) is 3. The van der Waals surface area contributed by atoms with Gasteiger partial charge in [-0.3, -0.25) is 0 Å². The summed E-state index contributed by atoms with van der Waals surface area (Å²) in [5.41, 5.74) is 7.34. The van der Waals surface area contributed by atoms with Gasteiger partial charge in [-0.1, -0.05) is 29.8 Å². The average molecular weight is 308 g/mol. The number of sulfonamides is 1. The van der Waals surface area contributed by atoms with Crippen molar-refractivity contribution in [2.24, 2.45) is 5.73 Å². The Labute approximate surface area is 123 Å². The van der Waals surface area contributed by atoms with E-state index >= 15 is 0 Å². The maximum absolute atomic E-state index is 13.8. The van der Waals surface area contributed by atoms with E-state index in [4.69, 9.17) is 5.73 Å². The van der Waals surface area contributed by atoms with Crippen molar-refractivity contribution in [3.63, 3.8) is 0 Å². The van der Waals surface area contributed by atoms with Crippen LogP contribution in [0.4, 0.5) is 4.39 Å². The van der Waals surface area contributed by atoms with Gasteiger partial charge in [0.05, 0.1) is 4.90 Å². The molecule has 2 aromatic carbocycles. The Morgan fingerprint density at radius 3 is 2.38 bits per heavy atom. The molecular formula is C15H17FN2O2S. The second-order valence-corrected chi connectivity index (χ2v) is 6.53. The molecule has 0 fully saturated rings. The largest absolute Gasteiger partial charge is 0.326 e. The van der Waals surface area contributed by atoms with Crippen LogP contribution < -0.4 is 10.5 Å². The van der Waals surface area contributed by atoms with Gasteiger partial charge in [-0.2, -0.15) is 0 Å². The summed E-state index contributed by atoms with van der Waals surface area (Å²) in [6.07, 6.45) is 0. The molecule has 0 unspecified atom stereocenters. The normalized spacial score (nSPS) is 11.6. The molecule has 2 aromatic rings. The molecule has 112 valence electrons. The highest BCUT2D eigenvalue weighted by molar-refractivity contribution is 7.89. The van der Waals surface area contributed by atoms with E-state index in [9.17, 15) is 12.8 Å². The van der Waals surface area contributed by atoms with Crippen molar-refractivity contribution in [1.82, 2.24) is 4.72 Å². The molecule has 3 N–H and O–H groups in total. The summed E-state index contributed by atoms with van der Waals surface area (Å²) in [4.78, 5) is 0.159. The van der Waals surface area contributed by atoms with Gasteiger partial charge in [-0.25, -0.2) is 17.5 Å². The average Bonchev–Trinajstić information content (AvgIpc) is 2.46. The fourth-order valence-corrected chi connectivity index (χ4v) is 2.84. The molecule has 2 rings (SSSR count). The van der Waals surface area contributed by atoms with Crippen LogP contribution in [-0.4, -0.2) is 8.42 Å². The van der Waals surface area contributed by atoms with Crippen LogP contribution in [-0.2, 0) is 23.1 Å². The van der Waals surface area contributed by atoms with Crippen LogP contribution in [0.25, 0.3) is 0 Å². The Morgan fingerprint density at radius 2 is 1.81 bits per heavy atom. The third-order valence-electron chi connectivity index (χ3n) is 3.14. The molecule has 0 aliphatic carbocycles. The summed E-state index contributed by atoms with van der Waals surface area (Å²) in [5, 5.41) is 0. The number of rotatable bonds is 5. The third-order valence-corrected chi connectivity index (χ3v) is 4.55. The molecule has 0 heterocycles. The minimum Gasteiger partial charge on any atom is -0.326 e. The van der Waals surface area contributed by atoms with Gasteiger partial charge in [0, 0.05) is 18.7 Å². The Hall–Kier alpha value is -1.76. The number of nitrogens with two attached hydrogens (primary N) is 1. The van der Waals surface area contributed by atoms with Crippen molar-refractivity contribution in [2.75, 3.05) is 0 Å². The maximum atomic E-state index is 13.8. The van der Waals surface area contributed by atoms with Gasteiger partial charge >= 0.3 is 0 Å². The molecular weight excluding hydrogens is 291 g/mol. The molecule has 0 aliphatic rings. The molecule has 0 amide bonds. The maximum Gasteiger partial charge on any atom is 0.240 e. The summed E-state index contributed by atoms with van der Waals surface area (Å²) in [5.74, 6) is -0.468. The summed E-state index contributed by atoms with van der Waals surface area (Å²) >= 11 is 0. The molecule has 0 aromatic heterocycles. The molecule has 0 radical (unpaired) electrons. The number of hydrogen-bond donors (Lipinski definition) is 2. The first-order valence-corrected chi connectivity index (χ1v) is 7.94. The standard InChI is InChI=1S/C15H17FN2O2S/c1-11-2-6-14(7-3-11)21(19,20)18-10-13-5-4-12(9-17)8-15(13)16/h2-8,18H,9-10,17H2,1H3. The fraction of sp³-hybridized carbons (Fsp3) is 0.200. The van der Waals surface area contributed by atoms with Crippen molar-refractivity contribution in [3.05, 3.63) is 65.0 Å². The van der Waals surface area contributed by atoms with Gasteiger partial charge in [0.25, 0.3) is 0 Å². The van der Waals surface area contributed by atoms with Gasteiger partial charge in [-0.05, 0) is 30.7 Å². The third kappa shape index (κ3) is 3.87. The quantitative estimate of drug-likeness (QED) is 0.888. The van der Waals surface area contributed by atoms with Crippen molar-refractivity contribution in [2.45, 2.75) is 24.9 Å². The second kappa shape index (κ2) is 6.34. The zero-order valence-corrected chi connectivity index (χ0v) is 12.5. The summed E-state index contributed by atoms with van der Waals surface area (Å²) in [6, 6.07) is 11.0. The molecule has 0 atom stereocenters. The van der Waals surface area contributed by atoms with E-state index in [1.165, 1.54) is 24.3 Å². The van der Waals surface area contributed by atoms with Crippen LogP contribution >= 0.6 is 0 Å². The first kappa shape index (κ1) is 15.6. The smallest absolute Gasteiger partial charge is 0.240 e. The highest BCUT2D eigenvalue weighted by Crippen LogP contribution is 2.13. The minimum atomic E-state index is -3.65. The van der Waals surface area contributed by atoms with Gasteiger partial charge in [0.1, 0.15) is 5.82 Å². The Morgan fingerprint density at radius 1 is 1.14 bits per heavy atom. The Bertz CT molecular complexity index is 728. The highest BCUT2D eigenvalue weighted by atomic mass is 32.2. The zero-order chi connectivity index (χ0) is 15.5. The minimum absolute atomic E-state index is 0.104. The van der Waals surface area contributed by atoms with Crippen LogP contribution in [0.1, 0.15) is 16.7 Å². The second-order valence-electron chi connectivity index (χ2n) is 4.77. The lowest BCUT2D eigenvalue weighted by atomic mass is 10.1. The topological polar surface area (TPSA) is 72.2 Å². The van der Waals surface area contributed by atoms with Crippen LogP contribution in [0, 0.1) is 12.7 Å². The summed E-state index contributed by atoms with van der Waals surface area (Å²) in [7, 11) is -3.65. The van der Waals surface area contributed by atoms with Gasteiger partial charge in [0.15, 0.2) is 0 Å². The molecule has 4 nitrogen and oxygen atoms in total. The lowest BCUT2D eigenvalue weighted by Crippen LogP contribution is -2.23. The van der Waals surface area contributed by atoms with Gasteiger partial charge in [0.2, 0.25) is 10.0 Å². The van der Waals surface area contributed by atoms with Crippen LogP contribution in [0.3, 0.4) is 0 Å². The van der Waals surface area contributed by atoms with Crippen molar-refractivity contribution in [3.8, 4) is 0 Å². The van der Waals surface area contributed by atoms with Crippen molar-refractivity contribution < 1.29 is 12.8 Å².